The van der Waals surface area contributed by atoms with Gasteiger partial charge in [0.1, 0.15) is 0 Å². The molecule has 1 heterocycles. The molecule has 2 aromatic rings. The van der Waals surface area contributed by atoms with E-state index in [0.717, 1.165) is 32.7 Å². The molecule has 0 radical (unpaired) electrons. The Kier molecular flexibility index (Phi) is 3.92. The molecule has 3 rings (SSSR count). The van der Waals surface area contributed by atoms with Crippen LogP contribution >= 0.6 is 0 Å². The first-order chi connectivity index (χ1) is 9.43. The van der Waals surface area contributed by atoms with E-state index in [-0.39, 0.29) is 0 Å². The highest BCUT2D eigenvalue weighted by molar-refractivity contribution is 5.90. The van der Waals surface area contributed by atoms with Gasteiger partial charge in [0, 0.05) is 32.7 Å². The Balaban J connectivity index is 1.73. The molecule has 1 saturated heterocycles. The molecule has 0 aromatic heterocycles. The van der Waals surface area contributed by atoms with Crippen LogP contribution in [0.3, 0.4) is 0 Å². The zero-order chi connectivity index (χ0) is 12.9. The largest absolute Gasteiger partial charge is 0.314 e. The quantitative estimate of drug-likeness (QED) is 0.903. The van der Waals surface area contributed by atoms with Crippen LogP contribution in [0.1, 0.15) is 5.56 Å². The molecule has 2 aromatic carbocycles. The van der Waals surface area contributed by atoms with Crippen LogP contribution in [0.4, 0.5) is 0 Å². The van der Waals surface area contributed by atoms with Crippen LogP contribution in [0.2, 0.25) is 0 Å². The van der Waals surface area contributed by atoms with Crippen LogP contribution < -0.4 is 5.32 Å². The van der Waals surface area contributed by atoms with Crippen molar-refractivity contribution in [3.8, 4) is 0 Å². The molecular formula is C17H20N2. The number of nitrogens with zero attached hydrogens (tertiary/aromatic N) is 1. The summed E-state index contributed by atoms with van der Waals surface area (Å²) < 4.78 is 0. The van der Waals surface area contributed by atoms with Gasteiger partial charge in [-0.15, -0.1) is 0 Å². The molecule has 2 heteroatoms. The van der Waals surface area contributed by atoms with E-state index in [4.69, 9.17) is 0 Å². The number of hydrogen-bond acceptors (Lipinski definition) is 2. The van der Waals surface area contributed by atoms with Crippen LogP contribution in [0.25, 0.3) is 16.8 Å². The van der Waals surface area contributed by atoms with E-state index in [2.05, 4.69) is 64.8 Å². The van der Waals surface area contributed by atoms with E-state index >= 15 is 0 Å². The second-order valence-corrected chi connectivity index (χ2v) is 5.02. The minimum Gasteiger partial charge on any atom is -0.314 e. The van der Waals surface area contributed by atoms with Crippen LogP contribution in [0.15, 0.2) is 48.5 Å². The lowest BCUT2D eigenvalue weighted by molar-refractivity contribution is 0.265. The third-order valence-corrected chi connectivity index (χ3v) is 3.69. The van der Waals surface area contributed by atoms with Crippen molar-refractivity contribution in [2.24, 2.45) is 0 Å². The zero-order valence-electron chi connectivity index (χ0n) is 11.2. The van der Waals surface area contributed by atoms with Gasteiger partial charge in [-0.2, -0.15) is 0 Å². The number of fused-ring (bicyclic) bond motifs is 1. The average Bonchev–Trinajstić information content (AvgIpc) is 2.49. The van der Waals surface area contributed by atoms with E-state index in [1.807, 2.05) is 0 Å². The van der Waals surface area contributed by atoms with Crippen LogP contribution in [-0.4, -0.2) is 37.6 Å². The van der Waals surface area contributed by atoms with Gasteiger partial charge in [-0.3, -0.25) is 4.90 Å². The van der Waals surface area contributed by atoms with Crippen molar-refractivity contribution < 1.29 is 0 Å². The first-order valence-corrected chi connectivity index (χ1v) is 7.01. The lowest BCUT2D eigenvalue weighted by Crippen LogP contribution is -2.43. The minimum absolute atomic E-state index is 1.05. The second-order valence-electron chi connectivity index (χ2n) is 5.02. The molecule has 98 valence electrons. The maximum Gasteiger partial charge on any atom is 0.0167 e. The van der Waals surface area contributed by atoms with Gasteiger partial charge in [-0.05, 0) is 16.3 Å². The summed E-state index contributed by atoms with van der Waals surface area (Å²) in [5.41, 5.74) is 1.31. The number of benzene rings is 2. The summed E-state index contributed by atoms with van der Waals surface area (Å²) in [7, 11) is 0. The van der Waals surface area contributed by atoms with Crippen molar-refractivity contribution in [2.45, 2.75) is 0 Å². The molecule has 1 aliphatic heterocycles. The standard InChI is InChI=1S/C17H20N2/c1-2-9-17-15(5-1)6-3-7-16(17)8-4-12-19-13-10-18-11-14-19/h1-9,18H,10-14H2/b8-4+. The third kappa shape index (κ3) is 3.03. The van der Waals surface area contributed by atoms with Gasteiger partial charge < -0.3 is 5.32 Å². The maximum atomic E-state index is 3.38. The minimum atomic E-state index is 1.05. The number of piperazine rings is 1. The molecule has 0 spiro atoms. The van der Waals surface area contributed by atoms with E-state index in [9.17, 15) is 0 Å². The predicted octanol–water partition coefficient (Wildman–Crippen LogP) is 2.76. The van der Waals surface area contributed by atoms with Gasteiger partial charge >= 0.3 is 0 Å². The Bertz CT molecular complexity index is 563. The molecule has 0 bridgehead atoms. The average molecular weight is 252 g/mol. The summed E-state index contributed by atoms with van der Waals surface area (Å²) in [6.07, 6.45) is 4.54. The molecule has 0 unspecified atom stereocenters. The molecule has 0 atom stereocenters. The summed E-state index contributed by atoms with van der Waals surface area (Å²) in [5.74, 6) is 0. The van der Waals surface area contributed by atoms with E-state index in [1.54, 1.807) is 0 Å². The molecule has 19 heavy (non-hydrogen) atoms. The molecule has 2 nitrogen and oxygen atoms in total. The highest BCUT2D eigenvalue weighted by Gasteiger charge is 2.06. The van der Waals surface area contributed by atoms with Gasteiger partial charge in [0.15, 0.2) is 0 Å². The summed E-state index contributed by atoms with van der Waals surface area (Å²) in [5, 5.41) is 6.03. The zero-order valence-corrected chi connectivity index (χ0v) is 11.2. The Morgan fingerprint density at radius 2 is 1.79 bits per heavy atom. The molecule has 0 saturated carbocycles. The summed E-state index contributed by atoms with van der Waals surface area (Å²) in [6.45, 7) is 5.58. The fourth-order valence-corrected chi connectivity index (χ4v) is 2.62. The first-order valence-electron chi connectivity index (χ1n) is 7.01. The first kappa shape index (κ1) is 12.4. The van der Waals surface area contributed by atoms with E-state index < -0.39 is 0 Å². The van der Waals surface area contributed by atoms with Gasteiger partial charge in [0.25, 0.3) is 0 Å². The van der Waals surface area contributed by atoms with E-state index in [1.165, 1.54) is 16.3 Å². The van der Waals surface area contributed by atoms with Gasteiger partial charge in [-0.1, -0.05) is 54.6 Å². The Hall–Kier alpha value is -1.64. The molecule has 0 amide bonds. The van der Waals surface area contributed by atoms with Crippen molar-refractivity contribution in [3.63, 3.8) is 0 Å². The van der Waals surface area contributed by atoms with Crippen LogP contribution in [0, 0.1) is 0 Å². The fourth-order valence-electron chi connectivity index (χ4n) is 2.62. The second kappa shape index (κ2) is 6.00. The molecular weight excluding hydrogens is 232 g/mol. The topological polar surface area (TPSA) is 15.3 Å². The van der Waals surface area contributed by atoms with Crippen molar-refractivity contribution in [3.05, 3.63) is 54.1 Å². The monoisotopic (exact) mass is 252 g/mol. The van der Waals surface area contributed by atoms with Crippen molar-refractivity contribution in [2.75, 3.05) is 32.7 Å². The molecule has 1 aliphatic rings. The number of nitrogens with one attached hydrogen (secondary N) is 1. The maximum absolute atomic E-state index is 3.38. The van der Waals surface area contributed by atoms with E-state index in [0.29, 0.717) is 0 Å². The van der Waals surface area contributed by atoms with Crippen molar-refractivity contribution in [1.82, 2.24) is 10.2 Å². The molecule has 1 N–H and O–H groups in total. The normalized spacial score (nSPS) is 17.3. The number of hydrogen-bond donors (Lipinski definition) is 1. The highest BCUT2D eigenvalue weighted by Crippen LogP contribution is 2.19. The summed E-state index contributed by atoms with van der Waals surface area (Å²) >= 11 is 0. The highest BCUT2D eigenvalue weighted by atomic mass is 15.2. The Labute approximate surface area is 114 Å². The lowest BCUT2D eigenvalue weighted by atomic mass is 10.0. The van der Waals surface area contributed by atoms with Crippen molar-refractivity contribution in [1.29, 1.82) is 0 Å². The van der Waals surface area contributed by atoms with Gasteiger partial charge in [0.05, 0.1) is 0 Å². The van der Waals surface area contributed by atoms with Crippen molar-refractivity contribution >= 4 is 16.8 Å². The Morgan fingerprint density at radius 1 is 1.00 bits per heavy atom. The van der Waals surface area contributed by atoms with Gasteiger partial charge in [-0.25, -0.2) is 0 Å². The third-order valence-electron chi connectivity index (χ3n) is 3.69. The predicted molar refractivity (Wildman–Crippen MR) is 82.3 cm³/mol. The van der Waals surface area contributed by atoms with Crippen LogP contribution in [0.5, 0.6) is 0 Å². The molecule has 1 fully saturated rings. The Morgan fingerprint density at radius 3 is 2.68 bits per heavy atom. The van der Waals surface area contributed by atoms with Gasteiger partial charge in [0.2, 0.25) is 0 Å². The number of rotatable bonds is 3. The SMILES string of the molecule is C(=C\c1cccc2ccccc12)/CN1CCNCC1. The fraction of sp³-hybridized carbons (Fsp3) is 0.294. The van der Waals surface area contributed by atoms with Crippen LogP contribution in [-0.2, 0) is 0 Å². The lowest BCUT2D eigenvalue weighted by Gasteiger charge is -2.25. The summed E-state index contributed by atoms with van der Waals surface area (Å²) in [6, 6.07) is 15.1. The molecule has 0 aliphatic carbocycles. The smallest absolute Gasteiger partial charge is 0.0167 e. The summed E-state index contributed by atoms with van der Waals surface area (Å²) in [4.78, 5) is 2.48.